The van der Waals surface area contributed by atoms with Gasteiger partial charge in [-0.05, 0) is 30.2 Å². The molecule has 1 aliphatic heterocycles. The molecule has 4 nitrogen and oxygen atoms in total. The van der Waals surface area contributed by atoms with Crippen molar-refractivity contribution in [3.63, 3.8) is 0 Å². The van der Waals surface area contributed by atoms with Gasteiger partial charge in [-0.15, -0.1) is 0 Å². The zero-order valence-electron chi connectivity index (χ0n) is 9.45. The molecule has 90 valence electrons. The summed E-state index contributed by atoms with van der Waals surface area (Å²) in [4.78, 5) is 23.1. The normalized spacial score (nSPS) is 18.3. The average Bonchev–Trinajstić information content (AvgIpc) is 2.33. The smallest absolute Gasteiger partial charge is 0.347 e. The van der Waals surface area contributed by atoms with Gasteiger partial charge < -0.3 is 9.47 Å². The highest BCUT2D eigenvalue weighted by molar-refractivity contribution is 6.31. The fourth-order valence-electron chi connectivity index (χ4n) is 1.87. The summed E-state index contributed by atoms with van der Waals surface area (Å²) in [5, 5.41) is 0.571. The minimum Gasteiger partial charge on any atom is -0.466 e. The van der Waals surface area contributed by atoms with E-state index in [9.17, 15) is 9.59 Å². The Morgan fingerprint density at radius 3 is 2.88 bits per heavy atom. The number of esters is 2. The summed E-state index contributed by atoms with van der Waals surface area (Å²) in [5.41, 5.74) is 2.02. The van der Waals surface area contributed by atoms with Crippen LogP contribution in [-0.4, -0.2) is 25.2 Å². The minimum atomic E-state index is -0.878. The van der Waals surface area contributed by atoms with Crippen molar-refractivity contribution < 1.29 is 19.1 Å². The molecule has 0 fully saturated rings. The lowest BCUT2D eigenvalue weighted by molar-refractivity contribution is -0.151. The van der Waals surface area contributed by atoms with Crippen molar-refractivity contribution in [2.75, 3.05) is 7.11 Å². The first-order chi connectivity index (χ1) is 8.04. The molecule has 1 unspecified atom stereocenters. The molecule has 0 saturated carbocycles. The molecule has 17 heavy (non-hydrogen) atoms. The average molecular weight is 255 g/mol. The molecule has 0 saturated heterocycles. The highest BCUT2D eigenvalue weighted by Crippen LogP contribution is 2.28. The lowest BCUT2D eigenvalue weighted by Crippen LogP contribution is -2.35. The van der Waals surface area contributed by atoms with Crippen LogP contribution in [0, 0.1) is 6.92 Å². The van der Waals surface area contributed by atoms with Crippen molar-refractivity contribution in [1.82, 2.24) is 0 Å². The van der Waals surface area contributed by atoms with Crippen LogP contribution in [0.2, 0.25) is 5.02 Å². The first-order valence-electron chi connectivity index (χ1n) is 5.11. The van der Waals surface area contributed by atoms with Gasteiger partial charge in [0.1, 0.15) is 0 Å². The van der Waals surface area contributed by atoms with Gasteiger partial charge in [0.2, 0.25) is 6.10 Å². The highest BCUT2D eigenvalue weighted by atomic mass is 35.5. The number of hydrogen-bond donors (Lipinski definition) is 0. The van der Waals surface area contributed by atoms with Crippen LogP contribution in [0.1, 0.15) is 21.5 Å². The Balaban J connectivity index is 2.44. The van der Waals surface area contributed by atoms with E-state index in [-0.39, 0.29) is 0 Å². The molecule has 0 amide bonds. The number of carbonyl (C=O) groups is 2. The number of benzene rings is 1. The van der Waals surface area contributed by atoms with Crippen LogP contribution in [0.4, 0.5) is 0 Å². The van der Waals surface area contributed by atoms with Gasteiger partial charge in [0.05, 0.1) is 12.7 Å². The predicted molar refractivity (Wildman–Crippen MR) is 61.1 cm³/mol. The highest BCUT2D eigenvalue weighted by Gasteiger charge is 2.33. The second-order valence-electron chi connectivity index (χ2n) is 3.82. The first kappa shape index (κ1) is 11.9. The van der Waals surface area contributed by atoms with E-state index >= 15 is 0 Å². The molecule has 2 rings (SSSR count). The van der Waals surface area contributed by atoms with Crippen molar-refractivity contribution in [3.8, 4) is 0 Å². The van der Waals surface area contributed by atoms with Crippen molar-refractivity contribution in [2.24, 2.45) is 0 Å². The van der Waals surface area contributed by atoms with Gasteiger partial charge in [0, 0.05) is 11.4 Å². The molecule has 1 aromatic carbocycles. The molecule has 1 aliphatic rings. The summed E-state index contributed by atoms with van der Waals surface area (Å²) in [6, 6.07) is 3.26. The molecule has 0 radical (unpaired) electrons. The maximum atomic E-state index is 11.7. The van der Waals surface area contributed by atoms with Crippen LogP contribution in [-0.2, 0) is 20.7 Å². The molecular formula is C12H11ClO4. The lowest BCUT2D eigenvalue weighted by Gasteiger charge is -2.24. The Hall–Kier alpha value is -1.55. The number of methoxy groups -OCH3 is 1. The van der Waals surface area contributed by atoms with Crippen LogP contribution in [0.3, 0.4) is 0 Å². The van der Waals surface area contributed by atoms with E-state index in [2.05, 4.69) is 4.74 Å². The van der Waals surface area contributed by atoms with Gasteiger partial charge in [-0.3, -0.25) is 0 Å². The SMILES string of the molecule is COC(=O)C1Cc2c(ccc(Cl)c2C)C(=O)O1. The number of ether oxygens (including phenoxy) is 2. The summed E-state index contributed by atoms with van der Waals surface area (Å²) in [6.45, 7) is 1.81. The lowest BCUT2D eigenvalue weighted by atomic mass is 9.94. The van der Waals surface area contributed by atoms with E-state index in [0.29, 0.717) is 17.0 Å². The Bertz CT molecular complexity index is 496. The molecule has 0 bridgehead atoms. The van der Waals surface area contributed by atoms with E-state index in [0.717, 1.165) is 11.1 Å². The Morgan fingerprint density at radius 1 is 1.53 bits per heavy atom. The zero-order chi connectivity index (χ0) is 12.6. The summed E-state index contributed by atoms with van der Waals surface area (Å²) in [6.07, 6.45) is -0.572. The fraction of sp³-hybridized carbons (Fsp3) is 0.333. The molecule has 1 atom stereocenters. The van der Waals surface area contributed by atoms with Crippen LogP contribution < -0.4 is 0 Å². The Kier molecular flexibility index (Phi) is 3.07. The molecule has 1 aromatic rings. The number of hydrogen-bond acceptors (Lipinski definition) is 4. The fourth-order valence-corrected chi connectivity index (χ4v) is 2.04. The number of rotatable bonds is 1. The van der Waals surface area contributed by atoms with Crippen LogP contribution in [0.25, 0.3) is 0 Å². The van der Waals surface area contributed by atoms with E-state index < -0.39 is 18.0 Å². The summed E-state index contributed by atoms with van der Waals surface area (Å²) in [7, 11) is 1.26. The first-order valence-corrected chi connectivity index (χ1v) is 5.49. The summed E-state index contributed by atoms with van der Waals surface area (Å²) >= 11 is 5.99. The molecule has 1 heterocycles. The summed E-state index contributed by atoms with van der Waals surface area (Å²) < 4.78 is 9.58. The molecular weight excluding hydrogens is 244 g/mol. The maximum absolute atomic E-state index is 11.7. The Labute approximate surface area is 103 Å². The minimum absolute atomic E-state index is 0.306. The van der Waals surface area contributed by atoms with Crippen LogP contribution >= 0.6 is 11.6 Å². The molecule has 0 aliphatic carbocycles. The van der Waals surface area contributed by atoms with Crippen molar-refractivity contribution in [3.05, 3.63) is 33.8 Å². The monoisotopic (exact) mass is 254 g/mol. The third kappa shape index (κ3) is 2.00. The molecule has 0 N–H and O–H groups in total. The number of halogens is 1. The van der Waals surface area contributed by atoms with Crippen molar-refractivity contribution in [2.45, 2.75) is 19.4 Å². The van der Waals surface area contributed by atoms with E-state index in [1.807, 2.05) is 6.92 Å². The van der Waals surface area contributed by atoms with Gasteiger partial charge in [-0.25, -0.2) is 9.59 Å². The van der Waals surface area contributed by atoms with Crippen molar-refractivity contribution >= 4 is 23.5 Å². The van der Waals surface area contributed by atoms with Gasteiger partial charge in [0.15, 0.2) is 0 Å². The van der Waals surface area contributed by atoms with Crippen molar-refractivity contribution in [1.29, 1.82) is 0 Å². The molecule has 0 aromatic heterocycles. The third-order valence-electron chi connectivity index (χ3n) is 2.86. The molecule has 5 heteroatoms. The largest absolute Gasteiger partial charge is 0.466 e. The van der Waals surface area contributed by atoms with Gasteiger partial charge >= 0.3 is 11.9 Å². The number of carbonyl (C=O) groups excluding carboxylic acids is 2. The quantitative estimate of drug-likeness (QED) is 0.719. The number of fused-ring (bicyclic) bond motifs is 1. The van der Waals surface area contributed by atoms with E-state index in [4.69, 9.17) is 16.3 Å². The topological polar surface area (TPSA) is 52.6 Å². The molecule has 0 spiro atoms. The van der Waals surface area contributed by atoms with Crippen LogP contribution in [0.5, 0.6) is 0 Å². The second kappa shape index (κ2) is 4.37. The zero-order valence-corrected chi connectivity index (χ0v) is 10.2. The van der Waals surface area contributed by atoms with Gasteiger partial charge in [0.25, 0.3) is 0 Å². The van der Waals surface area contributed by atoms with E-state index in [1.54, 1.807) is 12.1 Å². The summed E-state index contributed by atoms with van der Waals surface area (Å²) in [5.74, 6) is -1.07. The Morgan fingerprint density at radius 2 is 2.24 bits per heavy atom. The predicted octanol–water partition coefficient (Wildman–Crippen LogP) is 1.90. The van der Waals surface area contributed by atoms with E-state index in [1.165, 1.54) is 7.11 Å². The third-order valence-corrected chi connectivity index (χ3v) is 3.26. The number of cyclic esters (lactones) is 1. The maximum Gasteiger partial charge on any atom is 0.347 e. The van der Waals surface area contributed by atoms with Gasteiger partial charge in [-0.2, -0.15) is 0 Å². The van der Waals surface area contributed by atoms with Crippen LogP contribution in [0.15, 0.2) is 12.1 Å². The second-order valence-corrected chi connectivity index (χ2v) is 4.23. The standard InChI is InChI=1S/C12H11ClO4/c1-6-8-5-10(12(15)16-2)17-11(14)7(8)3-4-9(6)13/h3-4,10H,5H2,1-2H3. The van der Waals surface area contributed by atoms with Gasteiger partial charge in [-0.1, -0.05) is 11.6 Å².